The van der Waals surface area contributed by atoms with Gasteiger partial charge in [0.2, 0.25) is 17.6 Å². The van der Waals surface area contributed by atoms with E-state index in [0.29, 0.717) is 24.4 Å². The van der Waals surface area contributed by atoms with E-state index in [1.807, 2.05) is 19.1 Å². The van der Waals surface area contributed by atoms with Gasteiger partial charge in [-0.2, -0.15) is 9.97 Å². The van der Waals surface area contributed by atoms with Gasteiger partial charge in [0.15, 0.2) is 0 Å². The van der Waals surface area contributed by atoms with E-state index in [4.69, 9.17) is 16.3 Å². The first-order valence-electron chi connectivity index (χ1n) is 9.70. The Kier molecular flexibility index (Phi) is 6.02. The van der Waals surface area contributed by atoms with Crippen molar-refractivity contribution in [3.8, 4) is 0 Å². The van der Waals surface area contributed by atoms with E-state index < -0.39 is 30.5 Å². The maximum Gasteiger partial charge on any atom is 0.297 e. The molecule has 0 spiro atoms. The topological polar surface area (TPSA) is 66.9 Å². The summed E-state index contributed by atoms with van der Waals surface area (Å²) in [6.45, 7) is 2.22. The van der Waals surface area contributed by atoms with Crippen LogP contribution in [0.2, 0.25) is 5.02 Å². The Morgan fingerprint density at radius 1 is 1.16 bits per heavy atom. The van der Waals surface area contributed by atoms with Crippen molar-refractivity contribution in [2.24, 2.45) is 0 Å². The van der Waals surface area contributed by atoms with Crippen LogP contribution in [0.1, 0.15) is 55.1 Å². The van der Waals surface area contributed by atoms with Crippen molar-refractivity contribution in [2.45, 2.75) is 44.8 Å². The zero-order valence-corrected chi connectivity index (χ0v) is 17.5. The van der Waals surface area contributed by atoms with Crippen molar-refractivity contribution >= 4 is 28.5 Å². The molecule has 3 aromatic rings. The summed E-state index contributed by atoms with van der Waals surface area (Å²) in [7, 11) is 1.57. The Bertz CT molecular complexity index is 1070. The van der Waals surface area contributed by atoms with Gasteiger partial charge in [-0.1, -0.05) is 11.6 Å². The number of fused-ring (bicyclic) bond motifs is 3. The second-order valence-corrected chi connectivity index (χ2v) is 7.84. The van der Waals surface area contributed by atoms with Crippen LogP contribution in [-0.2, 0) is 11.2 Å². The number of nitrogens with zero attached hydrogens (tertiary/aromatic N) is 4. The third kappa shape index (κ3) is 4.18. The molecule has 0 aliphatic carbocycles. The number of aromatic nitrogens is 4. The predicted octanol–water partition coefficient (Wildman–Crippen LogP) is 5.41. The van der Waals surface area contributed by atoms with Crippen LogP contribution in [0.5, 0.6) is 0 Å². The van der Waals surface area contributed by atoms with E-state index in [1.165, 1.54) is 0 Å². The summed E-state index contributed by atoms with van der Waals surface area (Å²) < 4.78 is 58.5. The maximum atomic E-state index is 13.3. The van der Waals surface area contributed by atoms with Crippen LogP contribution in [0.4, 0.5) is 23.5 Å². The molecule has 0 amide bonds. The number of hydrogen-bond donors (Lipinski definition) is 1. The molecule has 3 heterocycles. The molecule has 1 aliphatic rings. The highest BCUT2D eigenvalue weighted by molar-refractivity contribution is 6.31. The Balaban J connectivity index is 1.84. The molecular weight excluding hydrogens is 438 g/mol. The fraction of sp³-hybridized carbons (Fsp3) is 0.450. The normalized spacial score (nSPS) is 17.6. The molecule has 0 bridgehead atoms. The van der Waals surface area contributed by atoms with Gasteiger partial charge in [-0.05, 0) is 43.5 Å². The van der Waals surface area contributed by atoms with E-state index in [0.717, 1.165) is 22.2 Å². The number of ether oxygens (including phenoxy) is 1. The van der Waals surface area contributed by atoms with E-state index in [9.17, 15) is 17.6 Å². The third-order valence-electron chi connectivity index (χ3n) is 5.48. The molecule has 0 saturated carbocycles. The highest BCUT2D eigenvalue weighted by Gasteiger charge is 2.34. The number of hydrogen-bond acceptors (Lipinski definition) is 5. The lowest BCUT2D eigenvalue weighted by atomic mass is 9.94. The molecule has 1 aromatic carbocycles. The number of H-pyrrole nitrogens is 1. The number of anilines is 1. The summed E-state index contributed by atoms with van der Waals surface area (Å²) >= 11 is 6.17. The van der Waals surface area contributed by atoms with Gasteiger partial charge in [-0.15, -0.1) is 0 Å². The molecule has 0 saturated heterocycles. The van der Waals surface area contributed by atoms with Crippen LogP contribution in [0, 0.1) is 0 Å². The fourth-order valence-electron chi connectivity index (χ4n) is 3.95. The largest absolute Gasteiger partial charge is 0.382 e. The molecule has 0 radical (unpaired) electrons. The van der Waals surface area contributed by atoms with Gasteiger partial charge in [0.25, 0.3) is 12.9 Å². The first-order valence-corrected chi connectivity index (χ1v) is 10.1. The van der Waals surface area contributed by atoms with Crippen LogP contribution in [0.25, 0.3) is 10.9 Å². The van der Waals surface area contributed by atoms with Gasteiger partial charge in [0.1, 0.15) is 0 Å². The molecule has 1 N–H and O–H groups in total. The highest BCUT2D eigenvalue weighted by Crippen LogP contribution is 2.40. The number of benzene rings is 1. The average molecular weight is 458 g/mol. The Hall–Kier alpha value is -2.46. The molecule has 6 nitrogen and oxygen atoms in total. The fourth-order valence-corrected chi connectivity index (χ4v) is 4.13. The van der Waals surface area contributed by atoms with Crippen molar-refractivity contribution in [1.29, 1.82) is 0 Å². The minimum Gasteiger partial charge on any atom is -0.382 e. The van der Waals surface area contributed by atoms with Gasteiger partial charge in [0, 0.05) is 35.3 Å². The monoisotopic (exact) mass is 457 g/mol. The van der Waals surface area contributed by atoms with Crippen LogP contribution in [-0.4, -0.2) is 39.7 Å². The lowest BCUT2D eigenvalue weighted by Crippen LogP contribution is -2.38. The lowest BCUT2D eigenvalue weighted by molar-refractivity contribution is 0.102. The summed E-state index contributed by atoms with van der Waals surface area (Å²) in [4.78, 5) is 15.9. The quantitative estimate of drug-likeness (QED) is 0.501. The van der Waals surface area contributed by atoms with Crippen LogP contribution >= 0.6 is 11.6 Å². The number of alkyl halides is 4. The van der Waals surface area contributed by atoms with Crippen molar-refractivity contribution in [3.63, 3.8) is 0 Å². The Morgan fingerprint density at radius 2 is 1.84 bits per heavy atom. The van der Waals surface area contributed by atoms with Crippen molar-refractivity contribution in [3.05, 3.63) is 46.1 Å². The maximum absolute atomic E-state index is 13.3. The standard InChI is InChI=1S/C20H20ClF4N5O/c1-9(31-2)7-14-15-11(12-8-10(21)3-4-13(12)26-15)5-6-30(14)20-28-18(16(22)23)27-19(29-20)17(24)25/h3-4,8-9,14,16-17,26H,5-7H2,1-2H3/t9-,14-/m0/s1. The summed E-state index contributed by atoms with van der Waals surface area (Å²) in [5.74, 6) is -2.13. The molecule has 0 fully saturated rings. The van der Waals surface area contributed by atoms with E-state index in [-0.39, 0.29) is 12.1 Å². The summed E-state index contributed by atoms with van der Waals surface area (Å²) in [6.07, 6.45) is -5.38. The average Bonchev–Trinajstić information content (AvgIpc) is 3.11. The third-order valence-corrected chi connectivity index (χ3v) is 5.71. The summed E-state index contributed by atoms with van der Waals surface area (Å²) in [6, 6.07) is 5.10. The van der Waals surface area contributed by atoms with E-state index in [2.05, 4.69) is 19.9 Å². The second-order valence-electron chi connectivity index (χ2n) is 7.40. The molecule has 0 unspecified atom stereocenters. The molecule has 1 aliphatic heterocycles. The van der Waals surface area contributed by atoms with E-state index in [1.54, 1.807) is 18.1 Å². The van der Waals surface area contributed by atoms with Crippen LogP contribution in [0.3, 0.4) is 0 Å². The predicted molar refractivity (Wildman–Crippen MR) is 108 cm³/mol. The molecule has 2 aromatic heterocycles. The second kappa shape index (κ2) is 8.58. The zero-order chi connectivity index (χ0) is 22.3. The number of aromatic amines is 1. The van der Waals surface area contributed by atoms with Gasteiger partial charge in [-0.3, -0.25) is 0 Å². The summed E-state index contributed by atoms with van der Waals surface area (Å²) in [5, 5.41) is 1.56. The molecule has 166 valence electrons. The highest BCUT2D eigenvalue weighted by atomic mass is 35.5. The van der Waals surface area contributed by atoms with Gasteiger partial charge in [0.05, 0.1) is 12.1 Å². The first kappa shape index (κ1) is 21.8. The van der Waals surface area contributed by atoms with Gasteiger partial charge in [-0.25, -0.2) is 22.5 Å². The van der Waals surface area contributed by atoms with Crippen LogP contribution in [0.15, 0.2) is 18.2 Å². The number of methoxy groups -OCH3 is 1. The smallest absolute Gasteiger partial charge is 0.297 e. The molecule has 4 rings (SSSR count). The lowest BCUT2D eigenvalue weighted by Gasteiger charge is -2.37. The number of rotatable bonds is 6. The van der Waals surface area contributed by atoms with Crippen LogP contribution < -0.4 is 4.90 Å². The van der Waals surface area contributed by atoms with Crippen molar-refractivity contribution in [2.75, 3.05) is 18.6 Å². The van der Waals surface area contributed by atoms with E-state index >= 15 is 0 Å². The summed E-state index contributed by atoms with van der Waals surface area (Å²) in [5.41, 5.74) is 2.76. The van der Waals surface area contributed by atoms with Crippen molar-refractivity contribution in [1.82, 2.24) is 19.9 Å². The molecule has 11 heteroatoms. The molecule has 2 atom stereocenters. The molecular formula is C20H20ClF4N5O. The molecule has 31 heavy (non-hydrogen) atoms. The van der Waals surface area contributed by atoms with Crippen molar-refractivity contribution < 1.29 is 22.3 Å². The minimum absolute atomic E-state index is 0.195. The van der Waals surface area contributed by atoms with Gasteiger partial charge < -0.3 is 14.6 Å². The van der Waals surface area contributed by atoms with Gasteiger partial charge >= 0.3 is 0 Å². The zero-order valence-electron chi connectivity index (χ0n) is 16.7. The first-order chi connectivity index (χ1) is 14.8. The number of nitrogens with one attached hydrogen (secondary N) is 1. The number of halogens is 5. The SMILES string of the molecule is CO[C@@H](C)C[C@H]1c2[nH]c3ccc(Cl)cc3c2CCN1c1nc(C(F)F)nc(C(F)F)n1. The Labute approximate surface area is 180 Å². The Morgan fingerprint density at radius 3 is 2.45 bits per heavy atom. The minimum atomic E-state index is -3.09.